The molecule has 88 valence electrons. The smallest absolute Gasteiger partial charge is 0.0576 e. The van der Waals surface area contributed by atoms with Crippen LogP contribution in [0.15, 0.2) is 24.3 Å². The maximum Gasteiger partial charge on any atom is 0.0576 e. The van der Waals surface area contributed by atoms with Gasteiger partial charge in [0.05, 0.1) is 11.4 Å². The van der Waals surface area contributed by atoms with E-state index < -0.39 is 0 Å². The standard InChI is InChI=1S/C14H22N2/c1-14(2)10-6-5-9-13(14)16-12-8-4-3-7-11(12)15/h3-4,7-8,13,16H,5-6,9-10,15H2,1-2H3. The van der Waals surface area contributed by atoms with E-state index in [0.29, 0.717) is 11.5 Å². The monoisotopic (exact) mass is 218 g/mol. The summed E-state index contributed by atoms with van der Waals surface area (Å²) in [5, 5.41) is 3.61. The highest BCUT2D eigenvalue weighted by Gasteiger charge is 2.32. The highest BCUT2D eigenvalue weighted by atomic mass is 15.0. The molecule has 0 aliphatic heterocycles. The van der Waals surface area contributed by atoms with Gasteiger partial charge in [0.2, 0.25) is 0 Å². The number of nitrogen functional groups attached to an aromatic ring is 1. The zero-order valence-corrected chi connectivity index (χ0v) is 10.3. The number of rotatable bonds is 2. The van der Waals surface area contributed by atoms with Crippen LogP contribution < -0.4 is 11.1 Å². The number of benzene rings is 1. The lowest BCUT2D eigenvalue weighted by Gasteiger charge is -2.39. The second kappa shape index (κ2) is 4.36. The maximum atomic E-state index is 5.96. The van der Waals surface area contributed by atoms with E-state index in [0.717, 1.165) is 11.4 Å². The van der Waals surface area contributed by atoms with Crippen LogP contribution in [0.4, 0.5) is 11.4 Å². The van der Waals surface area contributed by atoms with Crippen LogP contribution in [0.2, 0.25) is 0 Å². The summed E-state index contributed by atoms with van der Waals surface area (Å²) in [6, 6.07) is 8.59. The summed E-state index contributed by atoms with van der Waals surface area (Å²) < 4.78 is 0. The predicted molar refractivity (Wildman–Crippen MR) is 70.5 cm³/mol. The maximum absolute atomic E-state index is 5.96. The molecule has 1 aromatic rings. The van der Waals surface area contributed by atoms with Crippen LogP contribution in [0.5, 0.6) is 0 Å². The molecule has 1 fully saturated rings. The molecule has 1 aliphatic carbocycles. The van der Waals surface area contributed by atoms with E-state index in [1.807, 2.05) is 18.2 Å². The van der Waals surface area contributed by atoms with Crippen molar-refractivity contribution in [2.24, 2.45) is 5.41 Å². The Morgan fingerprint density at radius 2 is 2.00 bits per heavy atom. The highest BCUT2D eigenvalue weighted by Crippen LogP contribution is 2.37. The molecule has 0 amide bonds. The molecule has 1 aliphatic rings. The molecule has 1 saturated carbocycles. The summed E-state index contributed by atoms with van der Waals surface area (Å²) in [5.74, 6) is 0. The van der Waals surface area contributed by atoms with Crippen LogP contribution in [-0.4, -0.2) is 6.04 Å². The molecule has 1 aromatic carbocycles. The zero-order valence-electron chi connectivity index (χ0n) is 10.3. The molecular formula is C14H22N2. The molecular weight excluding hydrogens is 196 g/mol. The Morgan fingerprint density at radius 1 is 1.25 bits per heavy atom. The fourth-order valence-electron chi connectivity index (χ4n) is 2.58. The molecule has 0 heterocycles. The second-order valence-corrected chi connectivity index (χ2v) is 5.52. The molecule has 2 nitrogen and oxygen atoms in total. The zero-order chi connectivity index (χ0) is 11.6. The van der Waals surface area contributed by atoms with Gasteiger partial charge >= 0.3 is 0 Å². The first-order valence-electron chi connectivity index (χ1n) is 6.21. The first-order valence-corrected chi connectivity index (χ1v) is 6.21. The van der Waals surface area contributed by atoms with Gasteiger partial charge < -0.3 is 11.1 Å². The Labute approximate surface area is 98.2 Å². The van der Waals surface area contributed by atoms with Gasteiger partial charge in [-0.2, -0.15) is 0 Å². The van der Waals surface area contributed by atoms with Crippen molar-refractivity contribution in [3.05, 3.63) is 24.3 Å². The van der Waals surface area contributed by atoms with Crippen molar-refractivity contribution in [2.45, 2.75) is 45.6 Å². The molecule has 0 radical (unpaired) electrons. The van der Waals surface area contributed by atoms with E-state index in [9.17, 15) is 0 Å². The van der Waals surface area contributed by atoms with Crippen molar-refractivity contribution in [3.8, 4) is 0 Å². The topological polar surface area (TPSA) is 38.0 Å². The van der Waals surface area contributed by atoms with Crippen molar-refractivity contribution in [3.63, 3.8) is 0 Å². The Balaban J connectivity index is 2.12. The minimum atomic E-state index is 0.376. The average molecular weight is 218 g/mol. The molecule has 2 heteroatoms. The minimum absolute atomic E-state index is 0.376. The third-order valence-corrected chi connectivity index (χ3v) is 3.80. The first kappa shape index (κ1) is 11.3. The van der Waals surface area contributed by atoms with Gasteiger partial charge in [-0.3, -0.25) is 0 Å². The van der Waals surface area contributed by atoms with Crippen LogP contribution in [-0.2, 0) is 0 Å². The van der Waals surface area contributed by atoms with Crippen LogP contribution in [0.3, 0.4) is 0 Å². The predicted octanol–water partition coefficient (Wildman–Crippen LogP) is 3.65. The summed E-state index contributed by atoms with van der Waals surface area (Å²) in [5.41, 5.74) is 8.28. The van der Waals surface area contributed by atoms with Crippen LogP contribution >= 0.6 is 0 Å². The van der Waals surface area contributed by atoms with E-state index in [4.69, 9.17) is 5.73 Å². The van der Waals surface area contributed by atoms with Crippen molar-refractivity contribution in [1.29, 1.82) is 0 Å². The summed E-state index contributed by atoms with van der Waals surface area (Å²) in [7, 11) is 0. The number of anilines is 2. The summed E-state index contributed by atoms with van der Waals surface area (Å²) in [6.07, 6.45) is 5.24. The van der Waals surface area contributed by atoms with Gasteiger partial charge in [0.15, 0.2) is 0 Å². The normalized spacial score (nSPS) is 24.0. The Hall–Kier alpha value is -1.18. The molecule has 1 unspecified atom stereocenters. The summed E-state index contributed by atoms with van der Waals surface area (Å²) >= 11 is 0. The van der Waals surface area contributed by atoms with E-state index in [-0.39, 0.29) is 0 Å². The van der Waals surface area contributed by atoms with Crippen molar-refractivity contribution < 1.29 is 0 Å². The van der Waals surface area contributed by atoms with E-state index in [1.54, 1.807) is 0 Å². The first-order chi connectivity index (χ1) is 7.59. The van der Waals surface area contributed by atoms with Crippen LogP contribution in [0.25, 0.3) is 0 Å². The van der Waals surface area contributed by atoms with Crippen molar-refractivity contribution in [1.82, 2.24) is 0 Å². The fraction of sp³-hybridized carbons (Fsp3) is 0.571. The average Bonchev–Trinajstić information content (AvgIpc) is 2.24. The summed E-state index contributed by atoms with van der Waals surface area (Å²) in [6.45, 7) is 4.70. The molecule has 16 heavy (non-hydrogen) atoms. The third-order valence-electron chi connectivity index (χ3n) is 3.80. The van der Waals surface area contributed by atoms with Gasteiger partial charge in [0.1, 0.15) is 0 Å². The van der Waals surface area contributed by atoms with Gasteiger partial charge in [0, 0.05) is 6.04 Å². The largest absolute Gasteiger partial charge is 0.397 e. The van der Waals surface area contributed by atoms with Crippen LogP contribution in [0, 0.1) is 5.41 Å². The van der Waals surface area contributed by atoms with Gasteiger partial charge in [-0.1, -0.05) is 38.8 Å². The Morgan fingerprint density at radius 3 is 2.69 bits per heavy atom. The Kier molecular flexibility index (Phi) is 3.08. The molecule has 3 N–H and O–H groups in total. The number of nitrogens with one attached hydrogen (secondary N) is 1. The fourth-order valence-corrected chi connectivity index (χ4v) is 2.58. The molecule has 0 bridgehead atoms. The highest BCUT2D eigenvalue weighted by molar-refractivity contribution is 5.66. The SMILES string of the molecule is CC1(C)CCCCC1Nc1ccccc1N. The Bertz CT molecular complexity index is 358. The van der Waals surface area contributed by atoms with E-state index >= 15 is 0 Å². The molecule has 1 atom stereocenters. The van der Waals surface area contributed by atoms with Gasteiger partial charge in [-0.25, -0.2) is 0 Å². The number of hydrogen-bond donors (Lipinski definition) is 2. The number of nitrogens with two attached hydrogens (primary N) is 1. The lowest BCUT2D eigenvalue weighted by atomic mass is 9.73. The van der Waals surface area contributed by atoms with E-state index in [2.05, 4.69) is 25.2 Å². The van der Waals surface area contributed by atoms with Crippen molar-refractivity contribution >= 4 is 11.4 Å². The van der Waals surface area contributed by atoms with Crippen LogP contribution in [0.1, 0.15) is 39.5 Å². The van der Waals surface area contributed by atoms with Gasteiger partial charge in [-0.05, 0) is 30.4 Å². The second-order valence-electron chi connectivity index (χ2n) is 5.52. The quantitative estimate of drug-likeness (QED) is 0.744. The lowest BCUT2D eigenvalue weighted by molar-refractivity contribution is 0.217. The van der Waals surface area contributed by atoms with Crippen molar-refractivity contribution in [2.75, 3.05) is 11.1 Å². The number of hydrogen-bond acceptors (Lipinski definition) is 2. The third kappa shape index (κ3) is 2.31. The molecule has 0 saturated heterocycles. The molecule has 0 aromatic heterocycles. The number of para-hydroxylation sites is 2. The molecule has 0 spiro atoms. The van der Waals surface area contributed by atoms with E-state index in [1.165, 1.54) is 25.7 Å². The van der Waals surface area contributed by atoms with Gasteiger partial charge in [-0.15, -0.1) is 0 Å². The lowest BCUT2D eigenvalue weighted by Crippen LogP contribution is -2.39. The van der Waals surface area contributed by atoms with Gasteiger partial charge in [0.25, 0.3) is 0 Å². The summed E-state index contributed by atoms with van der Waals surface area (Å²) in [4.78, 5) is 0. The molecule has 2 rings (SSSR count). The minimum Gasteiger partial charge on any atom is -0.397 e.